The molecule has 0 aliphatic rings. The number of rotatable bonds is 7. The maximum absolute atomic E-state index is 12.0. The van der Waals surface area contributed by atoms with Crippen molar-refractivity contribution in [1.82, 2.24) is 14.7 Å². The fourth-order valence-electron chi connectivity index (χ4n) is 4.32. The fourth-order valence-corrected chi connectivity index (χ4v) is 4.32. The van der Waals surface area contributed by atoms with Crippen molar-refractivity contribution in [1.29, 1.82) is 0 Å². The van der Waals surface area contributed by atoms with Crippen molar-refractivity contribution in [3.8, 4) is 11.4 Å². The zero-order chi connectivity index (χ0) is 22.6. The molecular weight excluding hydrogens is 398 g/mol. The lowest BCUT2D eigenvalue weighted by Gasteiger charge is -2.35. The summed E-state index contributed by atoms with van der Waals surface area (Å²) in [5.74, 6) is 0.998. The molecule has 5 heteroatoms. The minimum atomic E-state index is -0.383. The van der Waals surface area contributed by atoms with E-state index >= 15 is 0 Å². The summed E-state index contributed by atoms with van der Waals surface area (Å²) in [6.07, 6.45) is 3.62. The molecule has 1 unspecified atom stereocenters. The van der Waals surface area contributed by atoms with Crippen molar-refractivity contribution in [2.24, 2.45) is 5.41 Å². The van der Waals surface area contributed by atoms with E-state index in [1.807, 2.05) is 37.4 Å². The average molecular weight is 428 g/mol. The molecule has 4 rings (SSSR count). The van der Waals surface area contributed by atoms with Crippen molar-refractivity contribution in [2.75, 3.05) is 13.2 Å². The van der Waals surface area contributed by atoms with Gasteiger partial charge in [-0.1, -0.05) is 74.5 Å². The van der Waals surface area contributed by atoms with Gasteiger partial charge in [0.05, 0.1) is 18.3 Å². The molecule has 1 N–H and O–H groups in total. The normalized spacial score (nSPS) is 12.5. The molecule has 2 aromatic heterocycles. The third-order valence-corrected chi connectivity index (χ3v) is 5.80. The zero-order valence-corrected chi connectivity index (χ0v) is 18.8. The molecule has 0 radical (unpaired) electrons. The van der Waals surface area contributed by atoms with Gasteiger partial charge in [-0.3, -0.25) is 4.40 Å². The number of aromatic nitrogens is 2. The van der Waals surface area contributed by atoms with Gasteiger partial charge in [0, 0.05) is 24.2 Å². The highest BCUT2D eigenvalue weighted by atomic mass is 16.5. The van der Waals surface area contributed by atoms with Crippen LogP contribution >= 0.6 is 0 Å². The van der Waals surface area contributed by atoms with Crippen molar-refractivity contribution < 1.29 is 9.53 Å². The fraction of sp³-hybridized carbons (Fsp3) is 0.259. The van der Waals surface area contributed by atoms with Crippen LogP contribution in [-0.4, -0.2) is 28.6 Å². The van der Waals surface area contributed by atoms with Crippen LogP contribution in [0.4, 0.5) is 4.79 Å². The third-order valence-electron chi connectivity index (χ3n) is 5.80. The molecule has 0 bridgehead atoms. The second-order valence-corrected chi connectivity index (χ2v) is 8.61. The maximum atomic E-state index is 12.0. The number of nitrogens with one attached hydrogen (secondary N) is 1. The Hall–Kier alpha value is -3.60. The Morgan fingerprint density at radius 2 is 1.72 bits per heavy atom. The van der Waals surface area contributed by atoms with E-state index in [1.54, 1.807) is 0 Å². The molecule has 1 atom stereocenters. The van der Waals surface area contributed by atoms with Gasteiger partial charge in [0.15, 0.2) is 0 Å². The molecule has 0 aliphatic heterocycles. The number of hydrogen-bond acceptors (Lipinski definition) is 3. The number of carbonyl (C=O) groups is 1. The Morgan fingerprint density at radius 1 is 1.03 bits per heavy atom. The number of imidazole rings is 1. The molecule has 5 nitrogen and oxygen atoms in total. The molecule has 1 amide bonds. The second kappa shape index (κ2) is 9.27. The van der Waals surface area contributed by atoms with E-state index in [0.717, 1.165) is 16.9 Å². The van der Waals surface area contributed by atoms with E-state index in [1.165, 1.54) is 11.1 Å². The summed E-state index contributed by atoms with van der Waals surface area (Å²) >= 11 is 0. The average Bonchev–Trinajstić information content (AvgIpc) is 3.23. The second-order valence-electron chi connectivity index (χ2n) is 8.61. The number of hydrogen-bond donors (Lipinski definition) is 1. The van der Waals surface area contributed by atoms with Crippen LogP contribution in [0.3, 0.4) is 0 Å². The lowest BCUT2D eigenvalue weighted by molar-refractivity contribution is 0.146. The largest absolute Gasteiger partial charge is 0.450 e. The van der Waals surface area contributed by atoms with Crippen LogP contribution in [0.25, 0.3) is 16.9 Å². The molecule has 2 heterocycles. The summed E-state index contributed by atoms with van der Waals surface area (Å²) in [7, 11) is 0. The van der Waals surface area contributed by atoms with Gasteiger partial charge >= 0.3 is 6.09 Å². The standard InChI is InChI=1S/C27H29N3O2/c1-4-32-26(31)29-19-27(2,3)24(20-11-7-5-8-12-20)22-15-16-30-23(17-22)18-28-25(30)21-13-9-6-10-14-21/h5-18,24H,4,19H2,1-3H3,(H,29,31). The number of carbonyl (C=O) groups excluding carboxylic acids is 1. The Balaban J connectivity index is 1.72. The molecule has 0 saturated heterocycles. The van der Waals surface area contributed by atoms with Crippen LogP contribution in [-0.2, 0) is 4.74 Å². The lowest BCUT2D eigenvalue weighted by atomic mass is 9.71. The van der Waals surface area contributed by atoms with Crippen molar-refractivity contribution in [2.45, 2.75) is 26.7 Å². The number of alkyl carbamates (subject to hydrolysis) is 1. The van der Waals surface area contributed by atoms with E-state index in [4.69, 9.17) is 4.74 Å². The van der Waals surface area contributed by atoms with E-state index in [9.17, 15) is 4.79 Å². The van der Waals surface area contributed by atoms with Gasteiger partial charge in [0.2, 0.25) is 0 Å². The van der Waals surface area contributed by atoms with Crippen LogP contribution in [0.15, 0.2) is 85.2 Å². The molecule has 2 aromatic carbocycles. The number of benzene rings is 2. The summed E-state index contributed by atoms with van der Waals surface area (Å²) in [6, 6.07) is 25.0. The minimum absolute atomic E-state index is 0.0747. The molecule has 0 fully saturated rings. The Kier molecular flexibility index (Phi) is 6.26. The smallest absolute Gasteiger partial charge is 0.407 e. The highest BCUT2D eigenvalue weighted by Crippen LogP contribution is 2.41. The summed E-state index contributed by atoms with van der Waals surface area (Å²) in [5, 5.41) is 2.93. The SMILES string of the molecule is CCOC(=O)NCC(C)(C)C(c1ccccc1)c1ccn2c(-c3ccccc3)ncc2c1. The number of fused-ring (bicyclic) bond motifs is 1. The van der Waals surface area contributed by atoms with Gasteiger partial charge in [0.25, 0.3) is 0 Å². The van der Waals surface area contributed by atoms with E-state index in [2.05, 4.69) is 83.3 Å². The van der Waals surface area contributed by atoms with Gasteiger partial charge in [0.1, 0.15) is 5.82 Å². The molecular formula is C27H29N3O2. The summed E-state index contributed by atoms with van der Waals surface area (Å²) in [4.78, 5) is 16.6. The Labute approximate surface area is 189 Å². The molecule has 0 spiro atoms. The monoisotopic (exact) mass is 427 g/mol. The van der Waals surface area contributed by atoms with E-state index < -0.39 is 0 Å². The zero-order valence-electron chi connectivity index (χ0n) is 18.8. The number of amides is 1. The van der Waals surface area contributed by atoms with E-state index in [0.29, 0.717) is 13.2 Å². The predicted octanol–water partition coefficient (Wildman–Crippen LogP) is 5.91. The van der Waals surface area contributed by atoms with E-state index in [-0.39, 0.29) is 17.4 Å². The highest BCUT2D eigenvalue weighted by molar-refractivity contribution is 5.67. The van der Waals surface area contributed by atoms with Crippen molar-refractivity contribution in [3.05, 3.63) is 96.3 Å². The Bertz CT molecular complexity index is 1180. The topological polar surface area (TPSA) is 55.6 Å². The molecule has 0 aliphatic carbocycles. The number of ether oxygens (including phenoxy) is 1. The molecule has 32 heavy (non-hydrogen) atoms. The van der Waals surface area contributed by atoms with Crippen molar-refractivity contribution >= 4 is 11.6 Å². The summed E-state index contributed by atoms with van der Waals surface area (Å²) in [6.45, 7) is 7.00. The first-order valence-electron chi connectivity index (χ1n) is 11.0. The molecule has 4 aromatic rings. The predicted molar refractivity (Wildman–Crippen MR) is 128 cm³/mol. The number of pyridine rings is 1. The highest BCUT2D eigenvalue weighted by Gasteiger charge is 2.33. The van der Waals surface area contributed by atoms with Gasteiger partial charge in [-0.2, -0.15) is 0 Å². The van der Waals surface area contributed by atoms with Crippen LogP contribution in [0.2, 0.25) is 0 Å². The van der Waals surface area contributed by atoms with Crippen LogP contribution < -0.4 is 5.32 Å². The van der Waals surface area contributed by atoms with Crippen LogP contribution in [0, 0.1) is 5.41 Å². The van der Waals surface area contributed by atoms with Crippen molar-refractivity contribution in [3.63, 3.8) is 0 Å². The van der Waals surface area contributed by atoms with Crippen LogP contribution in [0.1, 0.15) is 37.8 Å². The Morgan fingerprint density at radius 3 is 2.41 bits per heavy atom. The summed E-state index contributed by atoms with van der Waals surface area (Å²) < 4.78 is 7.19. The first kappa shape index (κ1) is 21.6. The third kappa shape index (κ3) is 4.52. The first-order valence-corrected chi connectivity index (χ1v) is 11.0. The van der Waals surface area contributed by atoms with Gasteiger partial charge in [-0.15, -0.1) is 0 Å². The number of nitrogens with zero attached hydrogens (tertiary/aromatic N) is 2. The minimum Gasteiger partial charge on any atom is -0.450 e. The van der Waals surface area contributed by atoms with Gasteiger partial charge in [-0.25, -0.2) is 9.78 Å². The first-order chi connectivity index (χ1) is 15.5. The summed E-state index contributed by atoms with van der Waals surface area (Å²) in [5.41, 5.74) is 4.25. The van der Waals surface area contributed by atoms with Gasteiger partial charge in [-0.05, 0) is 35.6 Å². The van der Waals surface area contributed by atoms with Crippen LogP contribution in [0.5, 0.6) is 0 Å². The van der Waals surface area contributed by atoms with Gasteiger partial charge < -0.3 is 10.1 Å². The molecule has 164 valence electrons. The quantitative estimate of drug-likeness (QED) is 0.399. The molecule has 0 saturated carbocycles. The lowest BCUT2D eigenvalue weighted by Crippen LogP contribution is -2.38. The maximum Gasteiger partial charge on any atom is 0.407 e.